The summed E-state index contributed by atoms with van der Waals surface area (Å²) < 4.78 is 3.45. The second kappa shape index (κ2) is 10.7. The highest BCUT2D eigenvalue weighted by atomic mass is 32.2. The largest absolute Gasteiger partial charge is 0.354 e. The van der Waals surface area contributed by atoms with E-state index in [-0.39, 0.29) is 0 Å². The van der Waals surface area contributed by atoms with Gasteiger partial charge < -0.3 is 4.90 Å². The predicted octanol–water partition coefficient (Wildman–Crippen LogP) is 3.98. The monoisotopic (exact) mass is 521 g/mol. The summed E-state index contributed by atoms with van der Waals surface area (Å²) in [5.41, 5.74) is 4.30. The molecular weight excluding hydrogens is 494 g/mol. The van der Waals surface area contributed by atoms with Crippen molar-refractivity contribution in [1.29, 1.82) is 5.26 Å². The SMILES string of the molecule is Cn1cc(-c2cn3ncc(C#N)c3c(-c3ccc(N4CCN(CCSc5ccccc5)CC4)nc3)n2)cn1. The summed E-state index contributed by atoms with van der Waals surface area (Å²) in [6.07, 6.45) is 8.94. The molecule has 1 aliphatic heterocycles. The first-order chi connectivity index (χ1) is 18.7. The minimum Gasteiger partial charge on any atom is -0.354 e. The van der Waals surface area contributed by atoms with E-state index in [0.29, 0.717) is 16.8 Å². The van der Waals surface area contributed by atoms with Gasteiger partial charge in [0.15, 0.2) is 0 Å². The fourth-order valence-corrected chi connectivity index (χ4v) is 5.65. The van der Waals surface area contributed by atoms with Crippen molar-refractivity contribution in [3.8, 4) is 28.6 Å². The van der Waals surface area contributed by atoms with Gasteiger partial charge >= 0.3 is 0 Å². The number of fused-ring (bicyclic) bond motifs is 1. The van der Waals surface area contributed by atoms with E-state index >= 15 is 0 Å². The van der Waals surface area contributed by atoms with Crippen molar-refractivity contribution in [3.05, 3.63) is 79.0 Å². The van der Waals surface area contributed by atoms with Crippen LogP contribution in [0.2, 0.25) is 0 Å². The Morgan fingerprint density at radius 2 is 1.76 bits per heavy atom. The zero-order chi connectivity index (χ0) is 25.9. The minimum absolute atomic E-state index is 0.482. The Labute approximate surface area is 225 Å². The van der Waals surface area contributed by atoms with Crippen LogP contribution in [0.5, 0.6) is 0 Å². The number of nitriles is 1. The van der Waals surface area contributed by atoms with E-state index < -0.39 is 0 Å². The van der Waals surface area contributed by atoms with E-state index in [9.17, 15) is 5.26 Å². The second-order valence-electron chi connectivity index (χ2n) is 9.24. The molecule has 38 heavy (non-hydrogen) atoms. The summed E-state index contributed by atoms with van der Waals surface area (Å²) in [5.74, 6) is 2.05. The normalized spacial score (nSPS) is 14.2. The fraction of sp³-hybridized carbons (Fsp3) is 0.250. The Balaban J connectivity index is 1.16. The van der Waals surface area contributed by atoms with E-state index in [1.807, 2.05) is 49.5 Å². The Kier molecular flexibility index (Phi) is 6.77. The number of piperazine rings is 1. The molecule has 5 heterocycles. The molecule has 0 radical (unpaired) electrons. The lowest BCUT2D eigenvalue weighted by Crippen LogP contribution is -2.47. The molecule has 0 spiro atoms. The number of hydrogen-bond donors (Lipinski definition) is 0. The number of rotatable bonds is 7. The van der Waals surface area contributed by atoms with Crippen molar-refractivity contribution in [2.75, 3.05) is 43.4 Å². The molecular formula is C28H27N9S. The van der Waals surface area contributed by atoms with Crippen LogP contribution in [0, 0.1) is 11.3 Å². The third-order valence-corrected chi connectivity index (χ3v) is 7.75. The molecule has 9 nitrogen and oxygen atoms in total. The Bertz CT molecular complexity index is 1580. The average Bonchev–Trinajstić information content (AvgIpc) is 3.60. The molecule has 0 bridgehead atoms. The van der Waals surface area contributed by atoms with Crippen molar-refractivity contribution in [1.82, 2.24) is 34.3 Å². The van der Waals surface area contributed by atoms with E-state index in [1.165, 1.54) is 4.90 Å². The molecule has 1 aliphatic rings. The highest BCUT2D eigenvalue weighted by Crippen LogP contribution is 2.29. The third-order valence-electron chi connectivity index (χ3n) is 6.75. The molecule has 0 aliphatic carbocycles. The highest BCUT2D eigenvalue weighted by molar-refractivity contribution is 7.99. The topological polar surface area (TPSA) is 91.2 Å². The quantitative estimate of drug-likeness (QED) is 0.297. The van der Waals surface area contributed by atoms with Gasteiger partial charge in [-0.05, 0) is 24.3 Å². The minimum atomic E-state index is 0.482. The van der Waals surface area contributed by atoms with Crippen LogP contribution in [0.1, 0.15) is 5.56 Å². The summed E-state index contributed by atoms with van der Waals surface area (Å²) in [4.78, 5) is 15.9. The van der Waals surface area contributed by atoms with Crippen LogP contribution < -0.4 is 4.90 Å². The molecule has 0 atom stereocenters. The maximum Gasteiger partial charge on any atom is 0.128 e. The van der Waals surface area contributed by atoms with Gasteiger partial charge in [0.1, 0.15) is 23.0 Å². The predicted molar refractivity (Wildman–Crippen MR) is 149 cm³/mol. The van der Waals surface area contributed by atoms with Gasteiger partial charge in [0.25, 0.3) is 0 Å². The van der Waals surface area contributed by atoms with Gasteiger partial charge in [0, 0.05) is 73.9 Å². The number of anilines is 1. The first kappa shape index (κ1) is 24.2. The number of aromatic nitrogens is 6. The Morgan fingerprint density at radius 3 is 2.47 bits per heavy atom. The van der Waals surface area contributed by atoms with Crippen molar-refractivity contribution in [2.24, 2.45) is 7.05 Å². The van der Waals surface area contributed by atoms with E-state index in [2.05, 4.69) is 56.4 Å². The zero-order valence-corrected chi connectivity index (χ0v) is 21.9. The van der Waals surface area contributed by atoms with Crippen LogP contribution in [0.4, 0.5) is 5.82 Å². The zero-order valence-electron chi connectivity index (χ0n) is 21.1. The lowest BCUT2D eigenvalue weighted by molar-refractivity contribution is 0.272. The number of thioether (sulfide) groups is 1. The molecule has 0 N–H and O–H groups in total. The lowest BCUT2D eigenvalue weighted by Gasteiger charge is -2.35. The van der Waals surface area contributed by atoms with Gasteiger partial charge in [0.2, 0.25) is 0 Å². The lowest BCUT2D eigenvalue weighted by atomic mass is 10.1. The summed E-state index contributed by atoms with van der Waals surface area (Å²) >= 11 is 1.91. The van der Waals surface area contributed by atoms with E-state index in [4.69, 9.17) is 9.97 Å². The number of pyridine rings is 1. The van der Waals surface area contributed by atoms with Gasteiger partial charge in [-0.2, -0.15) is 15.5 Å². The summed E-state index contributed by atoms with van der Waals surface area (Å²) in [5, 5.41) is 18.3. The molecule has 1 aromatic carbocycles. The Morgan fingerprint density at radius 1 is 0.921 bits per heavy atom. The third kappa shape index (κ3) is 4.98. The molecule has 1 saturated heterocycles. The summed E-state index contributed by atoms with van der Waals surface area (Å²) in [7, 11) is 1.87. The van der Waals surface area contributed by atoms with Gasteiger partial charge in [-0.1, -0.05) is 18.2 Å². The fourth-order valence-electron chi connectivity index (χ4n) is 4.71. The summed E-state index contributed by atoms with van der Waals surface area (Å²) in [6, 6.07) is 16.9. The molecule has 10 heteroatoms. The number of benzene rings is 1. The number of aryl methyl sites for hydroxylation is 1. The van der Waals surface area contributed by atoms with Gasteiger partial charge in [-0.15, -0.1) is 11.8 Å². The molecule has 4 aromatic heterocycles. The highest BCUT2D eigenvalue weighted by Gasteiger charge is 2.20. The Hall–Kier alpha value is -4.20. The molecule has 0 saturated carbocycles. The molecule has 0 unspecified atom stereocenters. The molecule has 5 aromatic rings. The van der Waals surface area contributed by atoms with Crippen molar-refractivity contribution >= 4 is 23.1 Å². The molecule has 6 rings (SSSR count). The second-order valence-corrected chi connectivity index (χ2v) is 10.4. The van der Waals surface area contributed by atoms with Gasteiger partial charge in [-0.3, -0.25) is 9.58 Å². The number of nitrogens with zero attached hydrogens (tertiary/aromatic N) is 9. The number of hydrogen-bond acceptors (Lipinski definition) is 8. The maximum absolute atomic E-state index is 9.66. The van der Waals surface area contributed by atoms with Gasteiger partial charge in [0.05, 0.1) is 30.0 Å². The molecule has 190 valence electrons. The molecule has 1 fully saturated rings. The van der Waals surface area contributed by atoms with Crippen molar-refractivity contribution in [2.45, 2.75) is 4.90 Å². The maximum atomic E-state index is 9.66. The van der Waals surface area contributed by atoms with Gasteiger partial charge in [-0.25, -0.2) is 14.5 Å². The standard InChI is InChI=1S/C28H27N9S/c1-34-19-23(18-31-34)25-20-37-28(22(15-29)17-32-37)27(33-25)21-7-8-26(30-16-21)36-11-9-35(10-12-36)13-14-38-24-5-3-2-4-6-24/h2-8,16-20H,9-14H2,1H3. The van der Waals surface area contributed by atoms with E-state index in [0.717, 1.165) is 61.1 Å². The first-order valence-electron chi connectivity index (χ1n) is 12.6. The smallest absolute Gasteiger partial charge is 0.128 e. The molecule has 0 amide bonds. The van der Waals surface area contributed by atoms with Crippen LogP contribution in [0.25, 0.3) is 28.0 Å². The van der Waals surface area contributed by atoms with E-state index in [1.54, 1.807) is 21.6 Å². The van der Waals surface area contributed by atoms with Crippen LogP contribution in [0.15, 0.2) is 78.3 Å². The average molecular weight is 522 g/mol. The van der Waals surface area contributed by atoms with Crippen LogP contribution in [-0.2, 0) is 7.05 Å². The van der Waals surface area contributed by atoms with Crippen molar-refractivity contribution < 1.29 is 0 Å². The van der Waals surface area contributed by atoms with Crippen LogP contribution in [0.3, 0.4) is 0 Å². The van der Waals surface area contributed by atoms with Crippen molar-refractivity contribution in [3.63, 3.8) is 0 Å². The van der Waals surface area contributed by atoms with Crippen LogP contribution >= 0.6 is 11.8 Å². The summed E-state index contributed by atoms with van der Waals surface area (Å²) in [6.45, 7) is 5.03. The first-order valence-corrected chi connectivity index (χ1v) is 13.6. The van der Waals surface area contributed by atoms with Crippen LogP contribution in [-0.4, -0.2) is 72.7 Å².